The number of rotatable bonds is 7. The van der Waals surface area contributed by atoms with Crippen molar-refractivity contribution in [2.75, 3.05) is 18.6 Å². The van der Waals surface area contributed by atoms with E-state index in [9.17, 15) is 0 Å². The van der Waals surface area contributed by atoms with Crippen LogP contribution in [0.3, 0.4) is 0 Å². The Morgan fingerprint density at radius 2 is 2.19 bits per heavy atom. The fourth-order valence-corrected chi connectivity index (χ4v) is 2.61. The Hall–Kier alpha value is -0.0300. The molecule has 1 unspecified atom stereocenters. The molecule has 0 amide bonds. The van der Waals surface area contributed by atoms with Gasteiger partial charge in [-0.3, -0.25) is 0 Å². The third-order valence-corrected chi connectivity index (χ3v) is 3.89. The molecule has 0 saturated carbocycles. The van der Waals surface area contributed by atoms with Gasteiger partial charge in [-0.1, -0.05) is 34.1 Å². The van der Waals surface area contributed by atoms with Gasteiger partial charge in [0.15, 0.2) is 0 Å². The predicted octanol–water partition coefficient (Wildman–Crippen LogP) is 2.65. The van der Waals surface area contributed by atoms with E-state index in [2.05, 4.69) is 33.6 Å². The number of aliphatic hydroxyl groups excluding tert-OH is 1. The normalized spacial score (nSPS) is 12.7. The van der Waals surface area contributed by atoms with Crippen molar-refractivity contribution in [1.29, 1.82) is 0 Å². The summed E-state index contributed by atoms with van der Waals surface area (Å²) in [5.74, 6) is 1.03. The van der Waals surface area contributed by atoms with Crippen LogP contribution in [0.15, 0.2) is 28.7 Å². The van der Waals surface area contributed by atoms with E-state index in [0.29, 0.717) is 6.04 Å². The van der Waals surface area contributed by atoms with Crippen LogP contribution in [0.5, 0.6) is 0 Å². The lowest BCUT2D eigenvalue weighted by molar-refractivity contribution is 0.269. The van der Waals surface area contributed by atoms with Gasteiger partial charge < -0.3 is 10.4 Å². The second kappa shape index (κ2) is 8.12. The molecular formula is C12H18BrNOS. The molecule has 0 aliphatic carbocycles. The lowest BCUT2D eigenvalue weighted by Gasteiger charge is -2.17. The average molecular weight is 304 g/mol. The third kappa shape index (κ3) is 4.87. The smallest absolute Gasteiger partial charge is 0.0446 e. The SMILES string of the molecule is CSCC(CCO)NCc1ccccc1Br. The quantitative estimate of drug-likeness (QED) is 0.812. The molecule has 16 heavy (non-hydrogen) atoms. The fourth-order valence-electron chi connectivity index (χ4n) is 1.50. The number of halogens is 1. The van der Waals surface area contributed by atoms with Gasteiger partial charge in [0.25, 0.3) is 0 Å². The van der Waals surface area contributed by atoms with Crippen molar-refractivity contribution in [1.82, 2.24) is 5.32 Å². The molecule has 0 fully saturated rings. The first kappa shape index (κ1) is 14.0. The van der Waals surface area contributed by atoms with Crippen LogP contribution in [-0.2, 0) is 6.54 Å². The molecule has 0 saturated heterocycles. The van der Waals surface area contributed by atoms with E-state index < -0.39 is 0 Å². The number of thioether (sulfide) groups is 1. The minimum absolute atomic E-state index is 0.244. The van der Waals surface area contributed by atoms with Gasteiger partial charge in [0.2, 0.25) is 0 Å². The highest BCUT2D eigenvalue weighted by atomic mass is 79.9. The van der Waals surface area contributed by atoms with Crippen molar-refractivity contribution in [3.8, 4) is 0 Å². The monoisotopic (exact) mass is 303 g/mol. The van der Waals surface area contributed by atoms with E-state index >= 15 is 0 Å². The Bertz CT molecular complexity index is 303. The predicted molar refractivity (Wildman–Crippen MR) is 74.9 cm³/mol. The van der Waals surface area contributed by atoms with Crippen LogP contribution in [0, 0.1) is 0 Å². The Morgan fingerprint density at radius 1 is 1.44 bits per heavy atom. The van der Waals surface area contributed by atoms with Crippen LogP contribution >= 0.6 is 27.7 Å². The van der Waals surface area contributed by atoms with Crippen LogP contribution in [0.1, 0.15) is 12.0 Å². The van der Waals surface area contributed by atoms with Crippen molar-refractivity contribution >= 4 is 27.7 Å². The lowest BCUT2D eigenvalue weighted by atomic mass is 10.2. The van der Waals surface area contributed by atoms with E-state index in [1.54, 1.807) is 11.8 Å². The summed E-state index contributed by atoms with van der Waals surface area (Å²) in [6.45, 7) is 1.08. The zero-order valence-corrected chi connectivity index (χ0v) is 11.9. The summed E-state index contributed by atoms with van der Waals surface area (Å²) in [4.78, 5) is 0. The minimum atomic E-state index is 0.244. The van der Waals surface area contributed by atoms with Gasteiger partial charge in [-0.25, -0.2) is 0 Å². The van der Waals surface area contributed by atoms with Crippen molar-refractivity contribution in [3.63, 3.8) is 0 Å². The molecule has 0 aromatic heterocycles. The van der Waals surface area contributed by atoms with E-state index in [-0.39, 0.29) is 6.61 Å². The summed E-state index contributed by atoms with van der Waals surface area (Å²) in [5, 5.41) is 12.4. The molecule has 0 heterocycles. The van der Waals surface area contributed by atoms with Crippen molar-refractivity contribution in [2.45, 2.75) is 19.0 Å². The van der Waals surface area contributed by atoms with Crippen LogP contribution in [0.2, 0.25) is 0 Å². The molecular weight excluding hydrogens is 286 g/mol. The fraction of sp³-hybridized carbons (Fsp3) is 0.500. The van der Waals surface area contributed by atoms with E-state index in [1.807, 2.05) is 18.2 Å². The maximum atomic E-state index is 8.96. The molecule has 90 valence electrons. The molecule has 0 aliphatic rings. The number of benzene rings is 1. The summed E-state index contributed by atoms with van der Waals surface area (Å²) < 4.78 is 1.13. The Labute approximate surface area is 110 Å². The van der Waals surface area contributed by atoms with Gasteiger partial charge in [0, 0.05) is 29.4 Å². The number of hydrogen-bond acceptors (Lipinski definition) is 3. The van der Waals surface area contributed by atoms with Crippen LogP contribution in [0.25, 0.3) is 0 Å². The summed E-state index contributed by atoms with van der Waals surface area (Å²) in [7, 11) is 0. The Balaban J connectivity index is 2.45. The molecule has 1 rings (SSSR count). The molecule has 0 bridgehead atoms. The maximum absolute atomic E-state index is 8.96. The molecule has 1 aromatic carbocycles. The van der Waals surface area contributed by atoms with Crippen LogP contribution in [0.4, 0.5) is 0 Å². The summed E-state index contributed by atoms with van der Waals surface area (Å²) in [6.07, 6.45) is 2.90. The van der Waals surface area contributed by atoms with Gasteiger partial charge in [-0.15, -0.1) is 0 Å². The van der Waals surface area contributed by atoms with Gasteiger partial charge in [0.05, 0.1) is 0 Å². The second-order valence-electron chi connectivity index (χ2n) is 3.64. The molecule has 0 aliphatic heterocycles. The van der Waals surface area contributed by atoms with Crippen LogP contribution in [-0.4, -0.2) is 29.8 Å². The third-order valence-electron chi connectivity index (χ3n) is 2.38. The minimum Gasteiger partial charge on any atom is -0.396 e. The first-order chi connectivity index (χ1) is 7.77. The van der Waals surface area contributed by atoms with Gasteiger partial charge in [-0.05, 0) is 24.3 Å². The lowest BCUT2D eigenvalue weighted by Crippen LogP contribution is -2.31. The zero-order valence-electron chi connectivity index (χ0n) is 9.45. The molecule has 2 nitrogen and oxygen atoms in total. The van der Waals surface area contributed by atoms with Gasteiger partial charge in [-0.2, -0.15) is 11.8 Å². The van der Waals surface area contributed by atoms with Crippen molar-refractivity contribution in [3.05, 3.63) is 34.3 Å². The summed E-state index contributed by atoms with van der Waals surface area (Å²) in [5.41, 5.74) is 1.26. The first-order valence-corrected chi connectivity index (χ1v) is 7.53. The molecule has 0 radical (unpaired) electrons. The molecule has 1 atom stereocenters. The topological polar surface area (TPSA) is 32.3 Å². The van der Waals surface area contributed by atoms with Crippen LogP contribution < -0.4 is 5.32 Å². The summed E-state index contributed by atoms with van der Waals surface area (Å²) in [6, 6.07) is 8.59. The van der Waals surface area contributed by atoms with Gasteiger partial charge in [0.1, 0.15) is 0 Å². The van der Waals surface area contributed by atoms with E-state index in [1.165, 1.54) is 5.56 Å². The van der Waals surface area contributed by atoms with Crippen molar-refractivity contribution < 1.29 is 5.11 Å². The second-order valence-corrected chi connectivity index (χ2v) is 5.40. The molecule has 2 N–H and O–H groups in total. The zero-order chi connectivity index (χ0) is 11.8. The Kier molecular flexibility index (Phi) is 7.12. The number of aliphatic hydroxyl groups is 1. The first-order valence-electron chi connectivity index (χ1n) is 5.34. The van der Waals surface area contributed by atoms with Crippen molar-refractivity contribution in [2.24, 2.45) is 0 Å². The average Bonchev–Trinajstić information content (AvgIpc) is 2.28. The standard InChI is InChI=1S/C12H18BrNOS/c1-16-9-11(6-7-15)14-8-10-4-2-3-5-12(10)13/h2-5,11,14-15H,6-9H2,1H3. The Morgan fingerprint density at radius 3 is 2.81 bits per heavy atom. The summed E-state index contributed by atoms with van der Waals surface area (Å²) >= 11 is 5.33. The number of hydrogen-bond donors (Lipinski definition) is 2. The van der Waals surface area contributed by atoms with E-state index in [4.69, 9.17) is 5.11 Å². The number of nitrogens with one attached hydrogen (secondary N) is 1. The molecule has 4 heteroatoms. The molecule has 1 aromatic rings. The highest BCUT2D eigenvalue weighted by Crippen LogP contribution is 2.15. The highest BCUT2D eigenvalue weighted by Gasteiger charge is 2.07. The van der Waals surface area contributed by atoms with E-state index in [0.717, 1.165) is 23.2 Å². The highest BCUT2D eigenvalue weighted by molar-refractivity contribution is 9.10. The maximum Gasteiger partial charge on any atom is 0.0446 e. The molecule has 0 spiro atoms. The largest absolute Gasteiger partial charge is 0.396 e. The van der Waals surface area contributed by atoms with Gasteiger partial charge >= 0.3 is 0 Å².